The van der Waals surface area contributed by atoms with Crippen molar-refractivity contribution in [3.63, 3.8) is 0 Å². The summed E-state index contributed by atoms with van der Waals surface area (Å²) in [6.45, 7) is 0. The minimum absolute atomic E-state index is 0.605. The lowest BCUT2D eigenvalue weighted by atomic mass is 9.99. The van der Waals surface area contributed by atoms with Crippen LogP contribution in [0.25, 0.3) is 77.9 Å². The summed E-state index contributed by atoms with van der Waals surface area (Å²) >= 11 is 0. The summed E-state index contributed by atoms with van der Waals surface area (Å²) in [4.78, 5) is 7.06. The molecule has 0 radical (unpaired) electrons. The van der Waals surface area contributed by atoms with Crippen molar-refractivity contribution in [2.24, 2.45) is 0 Å². The van der Waals surface area contributed by atoms with Gasteiger partial charge in [0, 0.05) is 28.0 Å². The van der Waals surface area contributed by atoms with Gasteiger partial charge in [-0.25, -0.2) is 4.98 Å². The van der Waals surface area contributed by atoms with E-state index in [2.05, 4.69) is 157 Å². The fraction of sp³-hybridized carbons (Fsp3) is 0. The molecule has 10 rings (SSSR count). The molecule has 0 aliphatic heterocycles. The molecule has 0 amide bonds. The summed E-state index contributed by atoms with van der Waals surface area (Å²) < 4.78 is 12.7. The highest BCUT2D eigenvalue weighted by atomic mass is 16.4. The minimum atomic E-state index is 0.605. The van der Waals surface area contributed by atoms with Gasteiger partial charge in [-0.05, 0) is 112 Å². The van der Waals surface area contributed by atoms with E-state index in [4.69, 9.17) is 13.8 Å². The van der Waals surface area contributed by atoms with Crippen LogP contribution in [0.4, 0.5) is 17.1 Å². The fourth-order valence-corrected chi connectivity index (χ4v) is 7.27. The van der Waals surface area contributed by atoms with Gasteiger partial charge in [0.15, 0.2) is 5.58 Å². The second-order valence-corrected chi connectivity index (χ2v) is 13.2. The molecule has 4 nitrogen and oxygen atoms in total. The molecule has 2 heterocycles. The summed E-state index contributed by atoms with van der Waals surface area (Å²) in [5, 5.41) is 1.95. The number of nitrogens with zero attached hydrogens (tertiary/aromatic N) is 2. The molecule has 0 bridgehead atoms. The summed E-state index contributed by atoms with van der Waals surface area (Å²) in [5.74, 6) is 0.605. The Labute approximate surface area is 306 Å². The van der Waals surface area contributed by atoms with Gasteiger partial charge in [-0.3, -0.25) is 0 Å². The van der Waals surface area contributed by atoms with Gasteiger partial charge in [-0.1, -0.05) is 115 Å². The Morgan fingerprint density at radius 1 is 0.358 bits per heavy atom. The number of anilines is 3. The lowest BCUT2D eigenvalue weighted by Crippen LogP contribution is -2.09. The van der Waals surface area contributed by atoms with E-state index in [1.165, 1.54) is 22.3 Å². The first-order valence-electron chi connectivity index (χ1n) is 17.8. The van der Waals surface area contributed by atoms with Crippen LogP contribution in [-0.4, -0.2) is 4.98 Å². The van der Waals surface area contributed by atoms with Crippen molar-refractivity contribution in [3.05, 3.63) is 194 Å². The molecule has 0 spiro atoms. The van der Waals surface area contributed by atoms with Gasteiger partial charge in [-0.15, -0.1) is 0 Å². The van der Waals surface area contributed by atoms with E-state index < -0.39 is 0 Å². The molecule has 10 aromatic rings. The number of hydrogen-bond acceptors (Lipinski definition) is 4. The zero-order valence-electron chi connectivity index (χ0n) is 28.7. The lowest BCUT2D eigenvalue weighted by Gasteiger charge is -2.26. The SMILES string of the molecule is c1ccc(-c2cccc(-c3ccc(N(c4ccccc4)c4ccc(-c5ccc6c(c5)oc5ccc7nc(-c8ccccc8)oc7c56)cc4)cc3)c2)cc1. The van der Waals surface area contributed by atoms with Crippen LogP contribution in [-0.2, 0) is 0 Å². The van der Waals surface area contributed by atoms with E-state index >= 15 is 0 Å². The highest BCUT2D eigenvalue weighted by Crippen LogP contribution is 2.40. The molecule has 2 aromatic heterocycles. The third-order valence-electron chi connectivity index (χ3n) is 9.91. The highest BCUT2D eigenvalue weighted by Gasteiger charge is 2.18. The Hall–Kier alpha value is -7.17. The van der Waals surface area contributed by atoms with Crippen LogP contribution in [0.1, 0.15) is 0 Å². The van der Waals surface area contributed by atoms with Crippen LogP contribution < -0.4 is 4.90 Å². The zero-order chi connectivity index (χ0) is 35.1. The van der Waals surface area contributed by atoms with E-state index in [1.54, 1.807) is 0 Å². The fourth-order valence-electron chi connectivity index (χ4n) is 7.27. The Kier molecular flexibility index (Phi) is 7.43. The maximum atomic E-state index is 6.39. The predicted molar refractivity (Wildman–Crippen MR) is 218 cm³/mol. The molecule has 0 saturated heterocycles. The van der Waals surface area contributed by atoms with Crippen LogP contribution in [0.15, 0.2) is 203 Å². The Morgan fingerprint density at radius 3 is 1.51 bits per heavy atom. The van der Waals surface area contributed by atoms with Gasteiger partial charge < -0.3 is 13.7 Å². The molecule has 53 heavy (non-hydrogen) atoms. The molecule has 0 unspecified atom stereocenters. The van der Waals surface area contributed by atoms with Gasteiger partial charge in [0.2, 0.25) is 5.89 Å². The van der Waals surface area contributed by atoms with Crippen LogP contribution in [0.5, 0.6) is 0 Å². The number of rotatable bonds is 7. The third-order valence-corrected chi connectivity index (χ3v) is 9.91. The van der Waals surface area contributed by atoms with E-state index in [0.717, 1.165) is 66.8 Å². The Bertz CT molecular complexity index is 2860. The number of aromatic nitrogens is 1. The van der Waals surface area contributed by atoms with Crippen LogP contribution in [0.2, 0.25) is 0 Å². The number of oxazole rings is 1. The standard InChI is InChI=1S/C49H32N2O2/c1-4-11-33(12-5-1)37-15-10-16-38(31-37)34-19-24-41(25-20-34)51(40-17-8-3-9-18-40)42-26-21-35(22-27-42)39-23-28-43-46(32-39)52-45-30-29-44-48(47(43)45)53-49(50-44)36-13-6-2-7-14-36/h1-32H. The number of furan rings is 1. The van der Waals surface area contributed by atoms with Crippen molar-refractivity contribution in [1.29, 1.82) is 0 Å². The van der Waals surface area contributed by atoms with Crippen molar-refractivity contribution < 1.29 is 8.83 Å². The summed E-state index contributed by atoms with van der Waals surface area (Å²) in [6, 6.07) is 67.7. The summed E-state index contributed by atoms with van der Waals surface area (Å²) in [6.07, 6.45) is 0. The van der Waals surface area contributed by atoms with E-state index in [0.29, 0.717) is 5.89 Å². The largest absolute Gasteiger partial charge is 0.456 e. The number of hydrogen-bond donors (Lipinski definition) is 0. The van der Waals surface area contributed by atoms with Crippen molar-refractivity contribution in [2.45, 2.75) is 0 Å². The van der Waals surface area contributed by atoms with E-state index in [-0.39, 0.29) is 0 Å². The molecule has 4 heteroatoms. The van der Waals surface area contributed by atoms with E-state index in [1.807, 2.05) is 42.5 Å². The van der Waals surface area contributed by atoms with E-state index in [9.17, 15) is 0 Å². The highest BCUT2D eigenvalue weighted by molar-refractivity contribution is 6.16. The second-order valence-electron chi connectivity index (χ2n) is 13.2. The first kappa shape index (κ1) is 30.6. The number of benzene rings is 8. The van der Waals surface area contributed by atoms with Gasteiger partial charge in [-0.2, -0.15) is 0 Å². The molecular formula is C49H32N2O2. The average molecular weight is 681 g/mol. The van der Waals surface area contributed by atoms with Crippen LogP contribution >= 0.6 is 0 Å². The molecule has 0 fully saturated rings. The quantitative estimate of drug-likeness (QED) is 0.168. The average Bonchev–Trinajstić information content (AvgIpc) is 3.84. The monoisotopic (exact) mass is 680 g/mol. The molecule has 250 valence electrons. The lowest BCUT2D eigenvalue weighted by molar-refractivity contribution is 0.622. The molecule has 0 aliphatic carbocycles. The first-order chi connectivity index (χ1) is 26.2. The zero-order valence-corrected chi connectivity index (χ0v) is 28.7. The van der Waals surface area contributed by atoms with Crippen molar-refractivity contribution >= 4 is 50.1 Å². The van der Waals surface area contributed by atoms with Gasteiger partial charge >= 0.3 is 0 Å². The molecule has 8 aromatic carbocycles. The van der Waals surface area contributed by atoms with Crippen LogP contribution in [0.3, 0.4) is 0 Å². The molecule has 0 atom stereocenters. The first-order valence-corrected chi connectivity index (χ1v) is 17.8. The second kappa shape index (κ2) is 12.9. The summed E-state index contributed by atoms with van der Waals surface area (Å²) in [5.41, 5.74) is 14.3. The number of fused-ring (bicyclic) bond motifs is 5. The smallest absolute Gasteiger partial charge is 0.227 e. The molecular weight excluding hydrogens is 649 g/mol. The topological polar surface area (TPSA) is 42.4 Å². The van der Waals surface area contributed by atoms with Gasteiger partial charge in [0.25, 0.3) is 0 Å². The number of para-hydroxylation sites is 1. The van der Waals surface area contributed by atoms with Crippen molar-refractivity contribution in [1.82, 2.24) is 4.98 Å². The van der Waals surface area contributed by atoms with Crippen LogP contribution in [0, 0.1) is 0 Å². The maximum absolute atomic E-state index is 6.39. The van der Waals surface area contributed by atoms with Gasteiger partial charge in [0.05, 0.1) is 5.39 Å². The molecule has 0 N–H and O–H groups in total. The van der Waals surface area contributed by atoms with Crippen molar-refractivity contribution in [2.75, 3.05) is 4.90 Å². The minimum Gasteiger partial charge on any atom is -0.456 e. The Morgan fingerprint density at radius 2 is 0.868 bits per heavy atom. The Balaban J connectivity index is 0.970. The van der Waals surface area contributed by atoms with Gasteiger partial charge in [0.1, 0.15) is 16.7 Å². The normalized spacial score (nSPS) is 11.4. The van der Waals surface area contributed by atoms with Crippen molar-refractivity contribution in [3.8, 4) is 44.8 Å². The molecule has 0 aliphatic rings. The summed E-state index contributed by atoms with van der Waals surface area (Å²) in [7, 11) is 0. The molecule has 0 saturated carbocycles. The predicted octanol–water partition coefficient (Wildman–Crippen LogP) is 13.9. The third kappa shape index (κ3) is 5.63. The maximum Gasteiger partial charge on any atom is 0.227 e.